The number of carbonyl (C=O) groups excluding carboxylic acids is 2. The first-order valence-electron chi connectivity index (χ1n) is 7.89. The Morgan fingerprint density at radius 3 is 2.25 bits per heavy atom. The molecule has 0 heterocycles. The van der Waals surface area contributed by atoms with Crippen molar-refractivity contribution in [1.29, 1.82) is 0 Å². The van der Waals surface area contributed by atoms with Gasteiger partial charge < -0.3 is 10.2 Å². The van der Waals surface area contributed by atoms with Crippen molar-refractivity contribution in [1.82, 2.24) is 10.2 Å². The Morgan fingerprint density at radius 1 is 1.04 bits per heavy atom. The number of amides is 2. The van der Waals surface area contributed by atoms with Crippen LogP contribution < -0.4 is 5.32 Å². The minimum Gasteiger partial charge on any atom is -0.341 e. The Kier molecular flexibility index (Phi) is 6.32. The maximum atomic E-state index is 12.3. The van der Waals surface area contributed by atoms with E-state index in [0.717, 1.165) is 11.1 Å². The van der Waals surface area contributed by atoms with Gasteiger partial charge in [-0.05, 0) is 24.1 Å². The van der Waals surface area contributed by atoms with Crippen molar-refractivity contribution in [3.05, 3.63) is 77.9 Å². The van der Waals surface area contributed by atoms with Crippen LogP contribution >= 0.6 is 0 Å². The maximum absolute atomic E-state index is 12.3. The molecule has 24 heavy (non-hydrogen) atoms. The summed E-state index contributed by atoms with van der Waals surface area (Å²) >= 11 is 0. The summed E-state index contributed by atoms with van der Waals surface area (Å²) in [5.74, 6) is -0.409. The number of likely N-dealkylation sites (N-methyl/N-ethyl adjacent to an activating group) is 1. The number of benzene rings is 2. The van der Waals surface area contributed by atoms with E-state index in [-0.39, 0.29) is 11.8 Å². The third-order valence-corrected chi connectivity index (χ3v) is 3.59. The summed E-state index contributed by atoms with van der Waals surface area (Å²) in [7, 11) is 1.73. The monoisotopic (exact) mass is 322 g/mol. The van der Waals surface area contributed by atoms with E-state index in [0.29, 0.717) is 6.54 Å². The molecule has 0 fully saturated rings. The van der Waals surface area contributed by atoms with Gasteiger partial charge in [-0.1, -0.05) is 60.7 Å². The van der Waals surface area contributed by atoms with Gasteiger partial charge in [0.05, 0.1) is 0 Å². The predicted octanol–water partition coefficient (Wildman–Crippen LogP) is 2.86. The number of rotatable bonds is 6. The average Bonchev–Trinajstić information content (AvgIpc) is 2.61. The summed E-state index contributed by atoms with van der Waals surface area (Å²) in [5.41, 5.74) is 1.99. The van der Waals surface area contributed by atoms with Crippen molar-refractivity contribution in [2.75, 3.05) is 7.05 Å². The average molecular weight is 322 g/mol. The molecule has 0 bridgehead atoms. The fourth-order valence-electron chi connectivity index (χ4n) is 2.33. The second kappa shape index (κ2) is 8.67. The first kappa shape index (κ1) is 17.5. The van der Waals surface area contributed by atoms with Crippen LogP contribution in [-0.2, 0) is 16.1 Å². The summed E-state index contributed by atoms with van der Waals surface area (Å²) in [5, 5.41) is 2.70. The third kappa shape index (κ3) is 5.39. The van der Waals surface area contributed by atoms with E-state index in [9.17, 15) is 9.59 Å². The molecule has 2 amide bonds. The van der Waals surface area contributed by atoms with E-state index < -0.39 is 6.04 Å². The van der Waals surface area contributed by atoms with Crippen LogP contribution in [0.5, 0.6) is 0 Å². The molecule has 0 spiro atoms. The van der Waals surface area contributed by atoms with Crippen molar-refractivity contribution in [2.45, 2.75) is 19.5 Å². The molecular formula is C20H22N2O2. The second-order valence-electron chi connectivity index (χ2n) is 5.65. The van der Waals surface area contributed by atoms with Crippen molar-refractivity contribution in [3.63, 3.8) is 0 Å². The topological polar surface area (TPSA) is 49.4 Å². The molecule has 0 aliphatic heterocycles. The van der Waals surface area contributed by atoms with Gasteiger partial charge in [0.2, 0.25) is 11.8 Å². The lowest BCUT2D eigenvalue weighted by Crippen LogP contribution is -2.44. The fourth-order valence-corrected chi connectivity index (χ4v) is 2.33. The summed E-state index contributed by atoms with van der Waals surface area (Å²) in [4.78, 5) is 25.9. The molecule has 1 atom stereocenters. The molecule has 124 valence electrons. The van der Waals surface area contributed by atoms with Gasteiger partial charge in [-0.2, -0.15) is 0 Å². The van der Waals surface area contributed by atoms with Crippen molar-refractivity contribution < 1.29 is 9.59 Å². The highest BCUT2D eigenvalue weighted by atomic mass is 16.2. The van der Waals surface area contributed by atoms with Gasteiger partial charge in [0, 0.05) is 19.7 Å². The van der Waals surface area contributed by atoms with Crippen LogP contribution in [0.4, 0.5) is 0 Å². The minimum atomic E-state index is -0.577. The Balaban J connectivity index is 1.86. The van der Waals surface area contributed by atoms with Crippen LogP contribution in [-0.4, -0.2) is 29.8 Å². The molecule has 0 saturated heterocycles. The van der Waals surface area contributed by atoms with Gasteiger partial charge in [-0.3, -0.25) is 9.59 Å². The number of hydrogen-bond donors (Lipinski definition) is 1. The molecule has 0 unspecified atom stereocenters. The van der Waals surface area contributed by atoms with E-state index in [1.807, 2.05) is 60.7 Å². The lowest BCUT2D eigenvalue weighted by molar-refractivity contribution is -0.134. The van der Waals surface area contributed by atoms with Gasteiger partial charge in [-0.15, -0.1) is 0 Å². The van der Waals surface area contributed by atoms with Crippen LogP contribution in [0.2, 0.25) is 0 Å². The zero-order chi connectivity index (χ0) is 17.4. The fraction of sp³-hybridized carbons (Fsp3) is 0.200. The summed E-state index contributed by atoms with van der Waals surface area (Å²) in [6, 6.07) is 18.7. The first-order valence-corrected chi connectivity index (χ1v) is 7.89. The van der Waals surface area contributed by atoms with Crippen LogP contribution in [0.25, 0.3) is 6.08 Å². The lowest BCUT2D eigenvalue weighted by atomic mass is 10.2. The quantitative estimate of drug-likeness (QED) is 0.832. The molecule has 0 saturated carbocycles. The van der Waals surface area contributed by atoms with Gasteiger partial charge in [-0.25, -0.2) is 0 Å². The molecular weight excluding hydrogens is 300 g/mol. The van der Waals surface area contributed by atoms with E-state index in [1.165, 1.54) is 6.08 Å². The van der Waals surface area contributed by atoms with Crippen LogP contribution in [0, 0.1) is 0 Å². The van der Waals surface area contributed by atoms with E-state index in [1.54, 1.807) is 24.9 Å². The number of nitrogens with one attached hydrogen (secondary N) is 1. The molecule has 2 rings (SSSR count). The van der Waals surface area contributed by atoms with Gasteiger partial charge in [0.15, 0.2) is 0 Å². The molecule has 0 radical (unpaired) electrons. The molecule has 0 aromatic heterocycles. The standard InChI is InChI=1S/C20H22N2O2/c1-16(20(24)22(2)15-18-11-7-4-8-12-18)21-19(23)14-13-17-9-5-3-6-10-17/h3-14,16H,15H2,1-2H3,(H,21,23)/b14-13-/t16-/m1/s1. The summed E-state index contributed by atoms with van der Waals surface area (Å²) in [6.07, 6.45) is 3.16. The van der Waals surface area contributed by atoms with Crippen LogP contribution in [0.15, 0.2) is 66.7 Å². The number of nitrogens with zero attached hydrogens (tertiary/aromatic N) is 1. The molecule has 0 aliphatic rings. The highest BCUT2D eigenvalue weighted by Crippen LogP contribution is 2.05. The molecule has 2 aromatic rings. The smallest absolute Gasteiger partial charge is 0.244 e. The Bertz CT molecular complexity index is 696. The van der Waals surface area contributed by atoms with E-state index in [2.05, 4.69) is 5.32 Å². The molecule has 0 aliphatic carbocycles. The number of carbonyl (C=O) groups is 2. The largest absolute Gasteiger partial charge is 0.341 e. The minimum absolute atomic E-state index is 0.125. The van der Waals surface area contributed by atoms with Crippen LogP contribution in [0.3, 0.4) is 0 Å². The highest BCUT2D eigenvalue weighted by Gasteiger charge is 2.18. The molecule has 4 heteroatoms. The van der Waals surface area contributed by atoms with Gasteiger partial charge in [0.25, 0.3) is 0 Å². The van der Waals surface area contributed by atoms with Gasteiger partial charge in [0.1, 0.15) is 6.04 Å². The predicted molar refractivity (Wildman–Crippen MR) is 96.0 cm³/mol. The van der Waals surface area contributed by atoms with Crippen molar-refractivity contribution in [3.8, 4) is 0 Å². The van der Waals surface area contributed by atoms with E-state index >= 15 is 0 Å². The normalized spacial score (nSPS) is 11.9. The second-order valence-corrected chi connectivity index (χ2v) is 5.65. The van der Waals surface area contributed by atoms with Crippen molar-refractivity contribution >= 4 is 17.9 Å². The number of hydrogen-bond acceptors (Lipinski definition) is 2. The zero-order valence-electron chi connectivity index (χ0n) is 14.0. The maximum Gasteiger partial charge on any atom is 0.244 e. The van der Waals surface area contributed by atoms with Crippen LogP contribution in [0.1, 0.15) is 18.1 Å². The SMILES string of the molecule is C[C@@H](NC(=O)/C=C\c1ccccc1)C(=O)N(C)Cc1ccccc1. The van der Waals surface area contributed by atoms with E-state index in [4.69, 9.17) is 0 Å². The Hall–Kier alpha value is -2.88. The lowest BCUT2D eigenvalue weighted by Gasteiger charge is -2.21. The summed E-state index contributed by atoms with van der Waals surface area (Å²) in [6.45, 7) is 2.21. The highest BCUT2D eigenvalue weighted by molar-refractivity contribution is 5.95. The summed E-state index contributed by atoms with van der Waals surface area (Å²) < 4.78 is 0. The zero-order valence-corrected chi connectivity index (χ0v) is 14.0. The third-order valence-electron chi connectivity index (χ3n) is 3.59. The van der Waals surface area contributed by atoms with Gasteiger partial charge >= 0.3 is 0 Å². The Morgan fingerprint density at radius 2 is 1.62 bits per heavy atom. The van der Waals surface area contributed by atoms with Crippen molar-refractivity contribution in [2.24, 2.45) is 0 Å². The first-order chi connectivity index (χ1) is 11.6. The molecule has 1 N–H and O–H groups in total. The Labute approximate surface area is 142 Å². The molecule has 2 aromatic carbocycles. The molecule has 4 nitrogen and oxygen atoms in total.